The number of rotatable bonds is 7. The molecule has 0 radical (unpaired) electrons. The molecule has 0 aromatic heterocycles. The van der Waals surface area contributed by atoms with Gasteiger partial charge in [-0.3, -0.25) is 4.90 Å². The van der Waals surface area contributed by atoms with Gasteiger partial charge in [0.15, 0.2) is 6.29 Å². The van der Waals surface area contributed by atoms with Crippen LogP contribution >= 0.6 is 0 Å². The van der Waals surface area contributed by atoms with Crippen LogP contribution in [0, 0.1) is 0 Å². The summed E-state index contributed by atoms with van der Waals surface area (Å²) in [4.78, 5) is 2.51. The number of hydrogen-bond acceptors (Lipinski definition) is 4. The normalized spacial score (nSPS) is 22.9. The molecule has 1 saturated heterocycles. The highest BCUT2D eigenvalue weighted by Gasteiger charge is 2.24. The van der Waals surface area contributed by atoms with Crippen LogP contribution < -0.4 is 5.32 Å². The van der Waals surface area contributed by atoms with Crippen molar-refractivity contribution in [1.29, 1.82) is 0 Å². The predicted molar refractivity (Wildman–Crippen MR) is 65.6 cm³/mol. The molecule has 1 aliphatic heterocycles. The Hall–Kier alpha value is -0.160. The Kier molecular flexibility index (Phi) is 6.96. The maximum Gasteiger partial charge on any atom is 0.169 e. The second-order valence-corrected chi connectivity index (χ2v) is 4.44. The Morgan fingerprint density at radius 1 is 1.31 bits per heavy atom. The van der Waals surface area contributed by atoms with Gasteiger partial charge in [0.2, 0.25) is 0 Å². The minimum absolute atomic E-state index is 0.0878. The Morgan fingerprint density at radius 3 is 2.69 bits per heavy atom. The first-order chi connectivity index (χ1) is 7.81. The lowest BCUT2D eigenvalue weighted by Crippen LogP contribution is -2.45. The van der Waals surface area contributed by atoms with Gasteiger partial charge in [-0.2, -0.15) is 0 Å². The molecule has 0 aromatic carbocycles. The van der Waals surface area contributed by atoms with Gasteiger partial charge < -0.3 is 14.8 Å². The molecule has 1 unspecified atom stereocenters. The third kappa shape index (κ3) is 4.37. The van der Waals surface area contributed by atoms with E-state index in [4.69, 9.17) is 9.47 Å². The van der Waals surface area contributed by atoms with Crippen molar-refractivity contribution in [1.82, 2.24) is 10.2 Å². The minimum atomic E-state index is -0.0878. The molecule has 1 heterocycles. The molecule has 4 nitrogen and oxygen atoms in total. The highest BCUT2D eigenvalue weighted by atomic mass is 16.7. The number of hydrogen-bond donors (Lipinski definition) is 1. The molecule has 0 spiro atoms. The largest absolute Gasteiger partial charge is 0.355 e. The molecule has 1 rings (SSSR count). The molecular weight excluding hydrogens is 204 g/mol. The first-order valence-electron chi connectivity index (χ1n) is 6.26. The number of likely N-dealkylation sites (tertiary alicyclic amines) is 1. The molecule has 16 heavy (non-hydrogen) atoms. The lowest BCUT2D eigenvalue weighted by molar-refractivity contribution is -0.123. The number of nitrogens with one attached hydrogen (secondary N) is 1. The molecule has 1 N–H and O–H groups in total. The van der Waals surface area contributed by atoms with Gasteiger partial charge in [0, 0.05) is 26.8 Å². The summed E-state index contributed by atoms with van der Waals surface area (Å²) in [5, 5.41) is 3.23. The first-order valence-corrected chi connectivity index (χ1v) is 6.26. The topological polar surface area (TPSA) is 33.7 Å². The summed E-state index contributed by atoms with van der Waals surface area (Å²) < 4.78 is 10.6. The van der Waals surface area contributed by atoms with E-state index in [9.17, 15) is 0 Å². The van der Waals surface area contributed by atoms with Crippen LogP contribution in [0.5, 0.6) is 0 Å². The van der Waals surface area contributed by atoms with Crippen molar-refractivity contribution in [3.05, 3.63) is 0 Å². The van der Waals surface area contributed by atoms with Crippen molar-refractivity contribution in [2.45, 2.75) is 38.0 Å². The van der Waals surface area contributed by atoms with Crippen LogP contribution in [-0.4, -0.2) is 58.1 Å². The van der Waals surface area contributed by atoms with Crippen LogP contribution in [0.2, 0.25) is 0 Å². The fourth-order valence-corrected chi connectivity index (χ4v) is 2.37. The summed E-state index contributed by atoms with van der Waals surface area (Å²) in [6.45, 7) is 3.16. The summed E-state index contributed by atoms with van der Waals surface area (Å²) in [6, 6.07) is 0.689. The Morgan fingerprint density at radius 2 is 2.06 bits per heavy atom. The average Bonchev–Trinajstić information content (AvgIpc) is 2.34. The SMILES string of the molecule is CNCCC1CCCCN1CC(OC)OC. The van der Waals surface area contributed by atoms with Crippen LogP contribution in [0.25, 0.3) is 0 Å². The number of piperidine rings is 1. The highest BCUT2D eigenvalue weighted by molar-refractivity contribution is 4.78. The Bertz CT molecular complexity index is 174. The molecule has 0 aromatic rings. The third-order valence-electron chi connectivity index (χ3n) is 3.39. The van der Waals surface area contributed by atoms with Crippen molar-refractivity contribution >= 4 is 0 Å². The summed E-state index contributed by atoms with van der Waals surface area (Å²) in [5.41, 5.74) is 0. The minimum Gasteiger partial charge on any atom is -0.355 e. The van der Waals surface area contributed by atoms with Crippen LogP contribution in [0.1, 0.15) is 25.7 Å². The number of nitrogens with zero attached hydrogens (tertiary/aromatic N) is 1. The van der Waals surface area contributed by atoms with Gasteiger partial charge in [-0.1, -0.05) is 6.42 Å². The lowest BCUT2D eigenvalue weighted by Gasteiger charge is -2.37. The summed E-state index contributed by atoms with van der Waals surface area (Å²) in [5.74, 6) is 0. The van der Waals surface area contributed by atoms with Crippen molar-refractivity contribution in [3.63, 3.8) is 0 Å². The van der Waals surface area contributed by atoms with E-state index >= 15 is 0 Å². The van der Waals surface area contributed by atoms with E-state index in [2.05, 4.69) is 10.2 Å². The molecule has 0 aliphatic carbocycles. The fourth-order valence-electron chi connectivity index (χ4n) is 2.37. The van der Waals surface area contributed by atoms with Gasteiger partial charge in [-0.15, -0.1) is 0 Å². The van der Waals surface area contributed by atoms with Gasteiger partial charge in [-0.05, 0) is 39.4 Å². The fraction of sp³-hybridized carbons (Fsp3) is 1.00. The van der Waals surface area contributed by atoms with Gasteiger partial charge in [0.1, 0.15) is 0 Å². The zero-order valence-electron chi connectivity index (χ0n) is 10.9. The molecule has 1 fully saturated rings. The van der Waals surface area contributed by atoms with Crippen molar-refractivity contribution in [3.8, 4) is 0 Å². The zero-order chi connectivity index (χ0) is 11.8. The van der Waals surface area contributed by atoms with E-state index in [-0.39, 0.29) is 6.29 Å². The van der Waals surface area contributed by atoms with Crippen LogP contribution in [0.4, 0.5) is 0 Å². The third-order valence-corrected chi connectivity index (χ3v) is 3.39. The van der Waals surface area contributed by atoms with Crippen molar-refractivity contribution in [2.75, 3.05) is 40.9 Å². The summed E-state index contributed by atoms with van der Waals surface area (Å²) >= 11 is 0. The predicted octanol–water partition coefficient (Wildman–Crippen LogP) is 1.07. The summed E-state index contributed by atoms with van der Waals surface area (Å²) in [7, 11) is 5.43. The maximum absolute atomic E-state index is 5.28. The maximum atomic E-state index is 5.28. The molecular formula is C12H26N2O2. The van der Waals surface area contributed by atoms with Crippen molar-refractivity contribution < 1.29 is 9.47 Å². The average molecular weight is 230 g/mol. The molecule has 0 saturated carbocycles. The van der Waals surface area contributed by atoms with Gasteiger partial charge >= 0.3 is 0 Å². The number of methoxy groups -OCH3 is 2. The second kappa shape index (κ2) is 8.01. The van der Waals surface area contributed by atoms with Gasteiger partial charge in [0.25, 0.3) is 0 Å². The first kappa shape index (κ1) is 13.9. The Balaban J connectivity index is 2.39. The van der Waals surface area contributed by atoms with E-state index in [0.29, 0.717) is 6.04 Å². The molecule has 96 valence electrons. The Labute approximate surface area is 99.3 Å². The smallest absolute Gasteiger partial charge is 0.169 e. The summed E-state index contributed by atoms with van der Waals surface area (Å²) in [6.07, 6.45) is 5.10. The zero-order valence-corrected chi connectivity index (χ0v) is 10.9. The molecule has 1 atom stereocenters. The van der Waals surface area contributed by atoms with Crippen LogP contribution in [0.3, 0.4) is 0 Å². The van der Waals surface area contributed by atoms with Crippen LogP contribution in [-0.2, 0) is 9.47 Å². The van der Waals surface area contributed by atoms with E-state index in [1.165, 1.54) is 32.2 Å². The van der Waals surface area contributed by atoms with Gasteiger partial charge in [-0.25, -0.2) is 0 Å². The van der Waals surface area contributed by atoms with Crippen LogP contribution in [0.15, 0.2) is 0 Å². The molecule has 1 aliphatic rings. The lowest BCUT2D eigenvalue weighted by atomic mass is 9.99. The quantitative estimate of drug-likeness (QED) is 0.663. The second-order valence-electron chi connectivity index (χ2n) is 4.44. The monoisotopic (exact) mass is 230 g/mol. The molecule has 0 amide bonds. The van der Waals surface area contributed by atoms with E-state index < -0.39 is 0 Å². The number of ether oxygens (including phenoxy) is 2. The molecule has 0 bridgehead atoms. The van der Waals surface area contributed by atoms with Crippen molar-refractivity contribution in [2.24, 2.45) is 0 Å². The standard InChI is InChI=1S/C12H26N2O2/c1-13-8-7-11-6-4-5-9-14(11)10-12(15-2)16-3/h11-13H,4-10H2,1-3H3. The highest BCUT2D eigenvalue weighted by Crippen LogP contribution is 2.19. The van der Waals surface area contributed by atoms with E-state index in [0.717, 1.165) is 13.1 Å². The van der Waals surface area contributed by atoms with Gasteiger partial charge in [0.05, 0.1) is 0 Å². The van der Waals surface area contributed by atoms with E-state index in [1.807, 2.05) is 7.05 Å². The molecule has 4 heteroatoms. The van der Waals surface area contributed by atoms with E-state index in [1.54, 1.807) is 14.2 Å².